The number of benzene rings is 2. The Morgan fingerprint density at radius 3 is 2.72 bits per heavy atom. The molecule has 0 spiro atoms. The van der Waals surface area contributed by atoms with E-state index in [1.165, 1.54) is 10.6 Å². The van der Waals surface area contributed by atoms with Crippen LogP contribution < -0.4 is 4.74 Å². The van der Waals surface area contributed by atoms with Crippen molar-refractivity contribution in [3.63, 3.8) is 0 Å². The van der Waals surface area contributed by atoms with Crippen LogP contribution in [0.1, 0.15) is 34.1 Å². The molecule has 1 aromatic heterocycles. The van der Waals surface area contributed by atoms with Gasteiger partial charge in [0.15, 0.2) is 0 Å². The van der Waals surface area contributed by atoms with Crippen molar-refractivity contribution in [1.29, 1.82) is 5.26 Å². The summed E-state index contributed by atoms with van der Waals surface area (Å²) < 4.78 is 34.4. The van der Waals surface area contributed by atoms with Crippen LogP contribution in [0.4, 0.5) is 0 Å². The maximum absolute atomic E-state index is 12.6. The van der Waals surface area contributed by atoms with E-state index in [-0.39, 0.29) is 13.2 Å². The molecule has 2 atom stereocenters. The Morgan fingerprint density at radius 2 is 2.09 bits per heavy atom. The van der Waals surface area contributed by atoms with Gasteiger partial charge in [0.05, 0.1) is 42.1 Å². The number of ether oxygens (including phenoxy) is 1. The van der Waals surface area contributed by atoms with Gasteiger partial charge in [-0.3, -0.25) is 0 Å². The first-order valence-corrected chi connectivity index (χ1v) is 12.0. The van der Waals surface area contributed by atoms with Gasteiger partial charge in [-0.15, -0.1) is 0 Å². The average Bonchev–Trinajstić information content (AvgIpc) is 3.21. The minimum atomic E-state index is -3.52. The molecule has 2 heterocycles. The van der Waals surface area contributed by atoms with Crippen molar-refractivity contribution >= 4 is 10.0 Å². The van der Waals surface area contributed by atoms with Crippen molar-refractivity contribution < 1.29 is 18.3 Å². The number of rotatable bonds is 6. The van der Waals surface area contributed by atoms with Gasteiger partial charge in [0.2, 0.25) is 10.0 Å². The Kier molecular flexibility index (Phi) is 6.02. The number of hydrogen-bond donors (Lipinski definition) is 1. The normalized spacial score (nSPS) is 16.8. The highest BCUT2D eigenvalue weighted by Crippen LogP contribution is 2.38. The van der Waals surface area contributed by atoms with Gasteiger partial charge >= 0.3 is 0 Å². The average molecular weight is 453 g/mol. The topological polar surface area (TPSA) is 108 Å². The van der Waals surface area contributed by atoms with E-state index in [9.17, 15) is 18.8 Å². The van der Waals surface area contributed by atoms with Crippen LogP contribution in [-0.2, 0) is 30.0 Å². The molecule has 0 radical (unpaired) electrons. The summed E-state index contributed by atoms with van der Waals surface area (Å²) in [5.41, 5.74) is 2.98. The third-order valence-electron chi connectivity index (χ3n) is 5.64. The molecule has 9 heteroatoms. The molecule has 166 valence electrons. The maximum atomic E-state index is 12.6. The minimum Gasteiger partial charge on any atom is -0.491 e. The molecule has 0 amide bonds. The highest BCUT2D eigenvalue weighted by Gasteiger charge is 2.34. The molecule has 1 aliphatic rings. The number of imidazole rings is 1. The molecule has 4 rings (SSSR count). The minimum absolute atomic E-state index is 0.143. The highest BCUT2D eigenvalue weighted by molar-refractivity contribution is 7.88. The Morgan fingerprint density at radius 1 is 1.34 bits per heavy atom. The van der Waals surface area contributed by atoms with E-state index < -0.39 is 22.2 Å². The van der Waals surface area contributed by atoms with Gasteiger partial charge in [0.1, 0.15) is 18.5 Å². The summed E-state index contributed by atoms with van der Waals surface area (Å²) in [6, 6.07) is 14.4. The van der Waals surface area contributed by atoms with E-state index in [1.54, 1.807) is 36.3 Å². The Labute approximate surface area is 187 Å². The second kappa shape index (κ2) is 8.74. The Bertz CT molecular complexity index is 1260. The summed E-state index contributed by atoms with van der Waals surface area (Å²) in [5, 5.41) is 20.5. The number of sulfonamides is 1. The zero-order valence-corrected chi connectivity index (χ0v) is 18.7. The maximum Gasteiger partial charge on any atom is 0.211 e. The molecule has 1 aliphatic heterocycles. The first-order valence-electron chi connectivity index (χ1n) is 10.1. The molecular weight excluding hydrogens is 428 g/mol. The van der Waals surface area contributed by atoms with Crippen molar-refractivity contribution in [3.05, 3.63) is 82.9 Å². The van der Waals surface area contributed by atoms with Crippen molar-refractivity contribution in [2.75, 3.05) is 12.9 Å². The van der Waals surface area contributed by atoms with Crippen LogP contribution in [0.15, 0.2) is 55.0 Å². The SMILES string of the molecule is Cn1cncc1C(O)c1cc(C#N)cc2c1OCC(N(Cc1ccccc1)S(C)(=O)=O)C2. The molecule has 0 bridgehead atoms. The van der Waals surface area contributed by atoms with Crippen LogP contribution in [0.2, 0.25) is 0 Å². The van der Waals surface area contributed by atoms with Crippen LogP contribution in [0.3, 0.4) is 0 Å². The van der Waals surface area contributed by atoms with Crippen LogP contribution in [-0.4, -0.2) is 46.3 Å². The number of aryl methyl sites for hydroxylation is 1. The molecule has 0 aliphatic carbocycles. The van der Waals surface area contributed by atoms with Crippen molar-refractivity contribution in [2.45, 2.75) is 25.1 Å². The first kappa shape index (κ1) is 22.0. The summed E-state index contributed by atoms with van der Waals surface area (Å²) >= 11 is 0. The predicted molar refractivity (Wildman–Crippen MR) is 118 cm³/mol. The quantitative estimate of drug-likeness (QED) is 0.614. The summed E-state index contributed by atoms with van der Waals surface area (Å²) in [6.07, 6.45) is 3.68. The molecule has 32 heavy (non-hydrogen) atoms. The summed E-state index contributed by atoms with van der Waals surface area (Å²) in [7, 11) is -1.75. The largest absolute Gasteiger partial charge is 0.491 e. The number of fused-ring (bicyclic) bond motifs is 1. The van der Waals surface area contributed by atoms with E-state index >= 15 is 0 Å². The molecular formula is C23H24N4O4S. The van der Waals surface area contributed by atoms with Crippen molar-refractivity contribution in [1.82, 2.24) is 13.9 Å². The zero-order chi connectivity index (χ0) is 22.9. The first-order chi connectivity index (χ1) is 15.3. The molecule has 2 unspecified atom stereocenters. The smallest absolute Gasteiger partial charge is 0.211 e. The summed E-state index contributed by atoms with van der Waals surface area (Å²) in [5.74, 6) is 0.488. The van der Waals surface area contributed by atoms with Gasteiger partial charge in [-0.1, -0.05) is 30.3 Å². The lowest BCUT2D eigenvalue weighted by atomic mass is 9.93. The summed E-state index contributed by atoms with van der Waals surface area (Å²) in [4.78, 5) is 4.05. The second-order valence-electron chi connectivity index (χ2n) is 7.96. The van der Waals surface area contributed by atoms with Gasteiger partial charge in [0.25, 0.3) is 0 Å². The number of nitriles is 1. The van der Waals surface area contributed by atoms with Gasteiger partial charge in [-0.25, -0.2) is 13.4 Å². The fourth-order valence-corrected chi connectivity index (χ4v) is 5.12. The lowest BCUT2D eigenvalue weighted by Gasteiger charge is -2.34. The van der Waals surface area contributed by atoms with E-state index in [0.717, 1.165) is 5.56 Å². The van der Waals surface area contributed by atoms with E-state index in [0.29, 0.717) is 34.6 Å². The standard InChI is InChI=1S/C23H24N4O4S/c1-26-15-25-12-21(26)22(28)20-9-17(11-24)8-18-10-19(14-31-23(18)20)27(32(2,29)30)13-16-6-4-3-5-7-16/h3-9,12,15,19,22,28H,10,13-14H2,1-2H3. The van der Waals surface area contributed by atoms with Crippen molar-refractivity contribution in [3.8, 4) is 11.8 Å². The molecule has 2 aromatic carbocycles. The number of aliphatic hydroxyl groups excluding tert-OH is 1. The number of aliphatic hydroxyl groups is 1. The second-order valence-corrected chi connectivity index (χ2v) is 9.90. The molecule has 0 fully saturated rings. The third kappa shape index (κ3) is 4.39. The van der Waals surface area contributed by atoms with Gasteiger partial charge in [-0.2, -0.15) is 9.57 Å². The molecule has 8 nitrogen and oxygen atoms in total. The third-order valence-corrected chi connectivity index (χ3v) is 6.92. The van der Waals surface area contributed by atoms with E-state index in [4.69, 9.17) is 4.74 Å². The summed E-state index contributed by atoms with van der Waals surface area (Å²) in [6.45, 7) is 0.370. The van der Waals surface area contributed by atoms with E-state index in [1.807, 2.05) is 30.3 Å². The number of nitrogens with zero attached hydrogens (tertiary/aromatic N) is 4. The lowest BCUT2D eigenvalue weighted by molar-refractivity contribution is 0.164. The molecule has 0 saturated carbocycles. The van der Waals surface area contributed by atoms with Crippen LogP contribution >= 0.6 is 0 Å². The number of hydrogen-bond acceptors (Lipinski definition) is 6. The zero-order valence-electron chi connectivity index (χ0n) is 17.8. The monoisotopic (exact) mass is 452 g/mol. The van der Waals surface area contributed by atoms with Gasteiger partial charge in [-0.05, 0) is 29.7 Å². The van der Waals surface area contributed by atoms with Gasteiger partial charge in [0, 0.05) is 19.2 Å². The van der Waals surface area contributed by atoms with Crippen LogP contribution in [0.5, 0.6) is 5.75 Å². The Hall–Kier alpha value is -3.19. The van der Waals surface area contributed by atoms with E-state index in [2.05, 4.69) is 11.1 Å². The molecule has 3 aromatic rings. The fourth-order valence-electron chi connectivity index (χ4n) is 4.06. The lowest BCUT2D eigenvalue weighted by Crippen LogP contribution is -2.45. The predicted octanol–water partition coefficient (Wildman–Crippen LogP) is 2.14. The van der Waals surface area contributed by atoms with Gasteiger partial charge < -0.3 is 14.4 Å². The highest BCUT2D eigenvalue weighted by atomic mass is 32.2. The van der Waals surface area contributed by atoms with Crippen molar-refractivity contribution in [2.24, 2.45) is 7.05 Å². The van der Waals surface area contributed by atoms with Crippen LogP contribution in [0.25, 0.3) is 0 Å². The molecule has 1 N–H and O–H groups in total. The number of aromatic nitrogens is 2. The van der Waals surface area contributed by atoms with Crippen LogP contribution in [0, 0.1) is 11.3 Å². The fraction of sp³-hybridized carbons (Fsp3) is 0.304. The molecule has 0 saturated heterocycles. The Balaban J connectivity index is 1.70.